The van der Waals surface area contributed by atoms with E-state index >= 15 is 0 Å². The van der Waals surface area contributed by atoms with Gasteiger partial charge in [-0.05, 0) is 68.6 Å². The van der Waals surface area contributed by atoms with Gasteiger partial charge in [0.05, 0.1) is 12.2 Å². The number of nitrogens with zero attached hydrogens (tertiary/aromatic N) is 2. The zero-order valence-electron chi connectivity index (χ0n) is 23.6. The third-order valence-corrected chi connectivity index (χ3v) is 10.0. The summed E-state index contributed by atoms with van der Waals surface area (Å²) in [6.07, 6.45) is 5.61. The van der Waals surface area contributed by atoms with Gasteiger partial charge in [-0.3, -0.25) is 14.0 Å². The highest BCUT2D eigenvalue weighted by molar-refractivity contribution is 8.22. The van der Waals surface area contributed by atoms with Crippen molar-refractivity contribution in [3.8, 4) is 17.6 Å². The topological polar surface area (TPSA) is 114 Å². The highest BCUT2D eigenvalue weighted by Crippen LogP contribution is 2.57. The number of carboxylic acids is 1. The molecule has 2 aromatic carbocycles. The van der Waals surface area contributed by atoms with Crippen LogP contribution < -0.4 is 4.74 Å². The monoisotopic (exact) mass is 570 g/mol. The summed E-state index contributed by atoms with van der Waals surface area (Å²) in [5.74, 6) is 6.58. The average Bonchev–Trinajstić information content (AvgIpc) is 3.44. The molecule has 40 heavy (non-hydrogen) atoms. The van der Waals surface area contributed by atoms with Gasteiger partial charge in [0.15, 0.2) is 0 Å². The molecule has 2 aliphatic rings. The molecule has 2 aromatic rings. The van der Waals surface area contributed by atoms with E-state index in [1.54, 1.807) is 29.4 Å². The predicted molar refractivity (Wildman–Crippen MR) is 158 cm³/mol. The Morgan fingerprint density at radius 1 is 1.18 bits per heavy atom. The van der Waals surface area contributed by atoms with Gasteiger partial charge in [-0.15, -0.1) is 10.8 Å². The van der Waals surface area contributed by atoms with Crippen LogP contribution in [0.4, 0.5) is 0 Å². The summed E-state index contributed by atoms with van der Waals surface area (Å²) in [7, 11) is -1.43. The SMILES string of the molecule is C[C@@H]1CN([C@H](C)CO)S(O)(O)c2ccc(C#CCC3CCCC3)cc2O[C@H]1CN(C)Cc1ccc(C(=O)O)cc1. The van der Waals surface area contributed by atoms with Gasteiger partial charge in [-0.2, -0.15) is 4.31 Å². The standard InChI is InChI=1S/C31H42N2O6S/c1-22-18-33(23(2)21-34)40(37,38)30-16-13-25(10-6-9-24-7-4-5-8-24)17-28(30)39-29(22)20-32(3)19-26-11-14-27(15-12-26)31(35)36/h11-17,22-24,29,34,37-38H,4-5,7-9,18-21H2,1-3H3,(H,35,36)/t22-,23-,29+/m1/s1. The summed E-state index contributed by atoms with van der Waals surface area (Å²) in [4.78, 5) is 13.6. The minimum Gasteiger partial charge on any atom is -0.487 e. The second-order valence-corrected chi connectivity index (χ2v) is 13.2. The Labute approximate surface area is 239 Å². The van der Waals surface area contributed by atoms with Crippen LogP contribution in [0.25, 0.3) is 0 Å². The molecule has 1 heterocycles. The fourth-order valence-electron chi connectivity index (χ4n) is 5.50. The molecule has 0 radical (unpaired) electrons. The van der Waals surface area contributed by atoms with Crippen molar-refractivity contribution in [2.24, 2.45) is 11.8 Å². The van der Waals surface area contributed by atoms with E-state index in [-0.39, 0.29) is 24.2 Å². The number of carbonyl (C=O) groups is 1. The molecule has 0 saturated heterocycles. The van der Waals surface area contributed by atoms with E-state index in [2.05, 4.69) is 16.7 Å². The number of aliphatic hydroxyl groups is 1. The highest BCUT2D eigenvalue weighted by atomic mass is 32.3. The first kappa shape index (κ1) is 30.4. The van der Waals surface area contributed by atoms with Crippen LogP contribution in [-0.4, -0.2) is 73.4 Å². The number of carboxylic acid groups (broad SMARTS) is 1. The largest absolute Gasteiger partial charge is 0.487 e. The number of rotatable bonds is 8. The molecule has 4 N–H and O–H groups in total. The molecule has 1 saturated carbocycles. The van der Waals surface area contributed by atoms with Crippen LogP contribution in [0.5, 0.6) is 5.75 Å². The normalized spacial score (nSPS) is 22.8. The number of likely N-dealkylation sites (N-methyl/N-ethyl adjacent to an activating group) is 1. The molecule has 4 rings (SSSR count). The third-order valence-electron chi connectivity index (χ3n) is 7.95. The Morgan fingerprint density at radius 3 is 2.52 bits per heavy atom. The molecule has 0 bridgehead atoms. The Hall–Kier alpha value is -2.58. The molecular weight excluding hydrogens is 528 g/mol. The lowest BCUT2D eigenvalue weighted by atomic mass is 10.0. The summed E-state index contributed by atoms with van der Waals surface area (Å²) >= 11 is 0. The Kier molecular flexibility index (Phi) is 10.2. The Balaban J connectivity index is 1.59. The summed E-state index contributed by atoms with van der Waals surface area (Å²) in [6.45, 7) is 5.08. The van der Waals surface area contributed by atoms with Crippen LogP contribution in [0.3, 0.4) is 0 Å². The molecule has 218 valence electrons. The maximum absolute atomic E-state index is 11.4. The lowest BCUT2D eigenvalue weighted by molar-refractivity contribution is 0.0694. The van der Waals surface area contributed by atoms with E-state index in [0.717, 1.165) is 17.5 Å². The van der Waals surface area contributed by atoms with E-state index in [0.29, 0.717) is 36.2 Å². The molecule has 1 fully saturated rings. The number of hydrogen-bond donors (Lipinski definition) is 4. The molecule has 8 nitrogen and oxygen atoms in total. The highest BCUT2D eigenvalue weighted by Gasteiger charge is 2.38. The van der Waals surface area contributed by atoms with E-state index in [4.69, 9.17) is 4.74 Å². The van der Waals surface area contributed by atoms with Gasteiger partial charge in [0.1, 0.15) is 16.7 Å². The lowest BCUT2D eigenvalue weighted by Gasteiger charge is -2.49. The second-order valence-electron chi connectivity index (χ2n) is 11.3. The van der Waals surface area contributed by atoms with E-state index in [1.807, 2.05) is 38.2 Å². The van der Waals surface area contributed by atoms with Crippen molar-refractivity contribution in [3.63, 3.8) is 0 Å². The van der Waals surface area contributed by atoms with Crippen LogP contribution >= 0.6 is 10.8 Å². The Bertz CT molecular complexity index is 1220. The number of fused-ring (bicyclic) bond motifs is 1. The van der Waals surface area contributed by atoms with Crippen LogP contribution in [-0.2, 0) is 6.54 Å². The summed E-state index contributed by atoms with van der Waals surface area (Å²) in [5.41, 5.74) is 2.00. The molecule has 3 atom stereocenters. The molecule has 1 aliphatic carbocycles. The maximum Gasteiger partial charge on any atom is 0.335 e. The smallest absolute Gasteiger partial charge is 0.335 e. The van der Waals surface area contributed by atoms with E-state index in [1.165, 1.54) is 25.7 Å². The molecule has 1 aliphatic heterocycles. The number of aliphatic hydroxyl groups excluding tert-OH is 1. The van der Waals surface area contributed by atoms with Crippen LogP contribution in [0.2, 0.25) is 0 Å². The van der Waals surface area contributed by atoms with Gasteiger partial charge in [0.25, 0.3) is 0 Å². The lowest BCUT2D eigenvalue weighted by Crippen LogP contribution is -2.48. The minimum atomic E-state index is -3.41. The van der Waals surface area contributed by atoms with Crippen molar-refractivity contribution in [1.29, 1.82) is 0 Å². The van der Waals surface area contributed by atoms with Gasteiger partial charge in [-0.25, -0.2) is 4.79 Å². The van der Waals surface area contributed by atoms with Crippen molar-refractivity contribution >= 4 is 16.7 Å². The first-order valence-electron chi connectivity index (χ1n) is 14.0. The molecule has 0 spiro atoms. The molecule has 0 aromatic heterocycles. The zero-order valence-corrected chi connectivity index (χ0v) is 24.4. The number of hydrogen-bond acceptors (Lipinski definition) is 7. The molecule has 0 unspecified atom stereocenters. The maximum atomic E-state index is 11.4. The van der Waals surface area contributed by atoms with Gasteiger partial charge >= 0.3 is 5.97 Å². The average molecular weight is 571 g/mol. The van der Waals surface area contributed by atoms with Gasteiger partial charge in [0, 0.05) is 43.6 Å². The fraction of sp³-hybridized carbons (Fsp3) is 0.516. The minimum absolute atomic E-state index is 0.0951. The van der Waals surface area contributed by atoms with Crippen LogP contribution in [0, 0.1) is 23.7 Å². The molecular formula is C31H42N2O6S. The first-order valence-corrected chi connectivity index (χ1v) is 15.5. The third kappa shape index (κ3) is 7.38. The van der Waals surface area contributed by atoms with Crippen molar-refractivity contribution in [2.45, 2.75) is 69.5 Å². The number of aromatic carboxylic acids is 1. The molecule has 9 heteroatoms. The number of ether oxygens (including phenoxy) is 1. The van der Waals surface area contributed by atoms with Crippen molar-refractivity contribution in [2.75, 3.05) is 26.7 Å². The van der Waals surface area contributed by atoms with Crippen molar-refractivity contribution in [3.05, 3.63) is 59.2 Å². The predicted octanol–water partition coefficient (Wildman–Crippen LogP) is 5.55. The second kappa shape index (κ2) is 13.4. The van der Waals surface area contributed by atoms with E-state index in [9.17, 15) is 24.1 Å². The van der Waals surface area contributed by atoms with Crippen molar-refractivity contribution in [1.82, 2.24) is 9.21 Å². The van der Waals surface area contributed by atoms with Gasteiger partial charge < -0.3 is 14.9 Å². The van der Waals surface area contributed by atoms with Crippen molar-refractivity contribution < 1.29 is 28.8 Å². The van der Waals surface area contributed by atoms with Crippen LogP contribution in [0.15, 0.2) is 47.4 Å². The Morgan fingerprint density at radius 2 is 1.88 bits per heavy atom. The molecule has 0 amide bonds. The van der Waals surface area contributed by atoms with Gasteiger partial charge in [0.2, 0.25) is 0 Å². The summed E-state index contributed by atoms with van der Waals surface area (Å²) < 4.78 is 31.0. The fourth-order valence-corrected chi connectivity index (χ4v) is 7.39. The van der Waals surface area contributed by atoms with Crippen LogP contribution in [0.1, 0.15) is 67.4 Å². The zero-order chi connectivity index (χ0) is 28.9. The van der Waals surface area contributed by atoms with Gasteiger partial charge in [-0.1, -0.05) is 43.7 Å². The van der Waals surface area contributed by atoms with E-state index < -0.39 is 22.8 Å². The summed E-state index contributed by atoms with van der Waals surface area (Å²) in [5, 5.41) is 19.1. The quantitative estimate of drug-likeness (QED) is 0.306. The number of benzene rings is 2. The first-order chi connectivity index (χ1) is 19.1. The summed E-state index contributed by atoms with van der Waals surface area (Å²) in [6, 6.07) is 11.7.